The van der Waals surface area contributed by atoms with Gasteiger partial charge in [0.2, 0.25) is 0 Å². The van der Waals surface area contributed by atoms with Crippen molar-refractivity contribution in [3.05, 3.63) is 19.0 Å². The summed E-state index contributed by atoms with van der Waals surface area (Å²) in [5.74, 6) is 0. The van der Waals surface area contributed by atoms with Gasteiger partial charge in [-0.3, -0.25) is 0 Å². The molecular formula is C3H6BO2. The molecule has 0 aliphatic heterocycles. The van der Waals surface area contributed by atoms with Crippen molar-refractivity contribution in [3.63, 3.8) is 0 Å². The first-order valence-electron chi connectivity index (χ1n) is 1.59. The summed E-state index contributed by atoms with van der Waals surface area (Å²) in [4.78, 5) is 0. The molecule has 33 valence electrons. The average molecular weight is 84.9 g/mol. The van der Waals surface area contributed by atoms with Gasteiger partial charge in [0.25, 0.3) is 0 Å². The molecule has 2 N–H and O–H groups in total. The van der Waals surface area contributed by atoms with E-state index in [1.165, 1.54) is 12.4 Å². The van der Waals surface area contributed by atoms with Gasteiger partial charge in [-0.15, -0.1) is 6.58 Å². The summed E-state index contributed by atoms with van der Waals surface area (Å²) in [6, 6.07) is 0. The van der Waals surface area contributed by atoms with Crippen LogP contribution in [0.1, 0.15) is 0 Å². The lowest BCUT2D eigenvalue weighted by Crippen LogP contribution is -2.09. The van der Waals surface area contributed by atoms with Crippen molar-refractivity contribution in [1.29, 1.82) is 0 Å². The van der Waals surface area contributed by atoms with Crippen LogP contribution in [0.4, 0.5) is 0 Å². The molecule has 0 saturated carbocycles. The van der Waals surface area contributed by atoms with Crippen LogP contribution >= 0.6 is 0 Å². The second-order valence-corrected chi connectivity index (χ2v) is 0.842. The summed E-state index contributed by atoms with van der Waals surface area (Å²) in [5, 5.41) is 16.0. The lowest BCUT2D eigenvalue weighted by atomic mass is 9.87. The maximum absolute atomic E-state index is 7.98. The molecule has 0 aromatic rings. The fraction of sp³-hybridized carbons (Fsp3) is 0. The summed E-state index contributed by atoms with van der Waals surface area (Å²) in [6.45, 7) is 3.23. The first-order valence-corrected chi connectivity index (χ1v) is 1.59. The average Bonchev–Trinajstić information content (AvgIpc) is 1.35. The van der Waals surface area contributed by atoms with Gasteiger partial charge in [0.15, 0.2) is 0 Å². The third kappa shape index (κ3) is 3.72. The van der Waals surface area contributed by atoms with E-state index in [1.807, 2.05) is 0 Å². The molecule has 0 amide bonds. The highest BCUT2D eigenvalue weighted by molar-refractivity contribution is 6.46. The van der Waals surface area contributed by atoms with Crippen LogP contribution in [0.3, 0.4) is 0 Å². The molecule has 1 radical (unpaired) electrons. The van der Waals surface area contributed by atoms with Gasteiger partial charge in [0, 0.05) is 6.32 Å². The van der Waals surface area contributed by atoms with Crippen LogP contribution in [0, 0.1) is 6.32 Å². The molecule has 6 heavy (non-hydrogen) atoms. The van der Waals surface area contributed by atoms with E-state index in [4.69, 9.17) is 10.0 Å². The summed E-state index contributed by atoms with van der Waals surface area (Å²) >= 11 is 0. The van der Waals surface area contributed by atoms with Crippen molar-refractivity contribution < 1.29 is 10.0 Å². The van der Waals surface area contributed by atoms with Gasteiger partial charge in [-0.1, -0.05) is 6.08 Å². The highest BCUT2D eigenvalue weighted by Crippen LogP contribution is 1.75. The van der Waals surface area contributed by atoms with Gasteiger partial charge in [0.1, 0.15) is 0 Å². The molecular weight excluding hydrogens is 78.8 g/mol. The minimum atomic E-state index is -1.34. The molecule has 0 spiro atoms. The molecule has 0 aromatic carbocycles. The van der Waals surface area contributed by atoms with Crippen LogP contribution in [-0.4, -0.2) is 17.2 Å². The predicted molar refractivity (Wildman–Crippen MR) is 24.7 cm³/mol. The summed E-state index contributed by atoms with van der Waals surface area (Å²) in [6.07, 6.45) is 2.49. The minimum Gasteiger partial charge on any atom is -0.427 e. The first-order chi connectivity index (χ1) is 2.77. The van der Waals surface area contributed by atoms with Gasteiger partial charge in [-0.2, -0.15) is 0 Å². The van der Waals surface area contributed by atoms with E-state index >= 15 is 0 Å². The van der Waals surface area contributed by atoms with Crippen molar-refractivity contribution in [2.24, 2.45) is 0 Å². The van der Waals surface area contributed by atoms with E-state index in [0.29, 0.717) is 0 Å². The summed E-state index contributed by atoms with van der Waals surface area (Å²) in [7, 11) is -1.34. The fourth-order valence-electron chi connectivity index (χ4n) is 0.122. The van der Waals surface area contributed by atoms with Gasteiger partial charge < -0.3 is 10.0 Å². The standard InChI is InChI=1S/C3H6BO2/c1-2-3-4(5)6/h2-3,5-6H,1H2. The van der Waals surface area contributed by atoms with E-state index < -0.39 is 7.12 Å². The Hall–Kier alpha value is -0.275. The van der Waals surface area contributed by atoms with Crippen LogP contribution in [-0.2, 0) is 0 Å². The zero-order valence-electron chi connectivity index (χ0n) is 3.33. The molecule has 0 fully saturated rings. The molecule has 0 saturated heterocycles. The van der Waals surface area contributed by atoms with Gasteiger partial charge in [0.05, 0.1) is 0 Å². The Labute approximate surface area is 37.3 Å². The SMILES string of the molecule is C=C[CH]B(O)O. The second-order valence-electron chi connectivity index (χ2n) is 0.842. The van der Waals surface area contributed by atoms with Gasteiger partial charge in [-0.05, 0) is 0 Å². The highest BCUT2D eigenvalue weighted by atomic mass is 16.4. The van der Waals surface area contributed by atoms with Gasteiger partial charge >= 0.3 is 7.12 Å². The molecule has 0 aromatic heterocycles. The molecule has 3 heteroatoms. The Kier molecular flexibility index (Phi) is 2.80. The number of hydrogen-bond acceptors (Lipinski definition) is 2. The Morgan fingerprint density at radius 1 is 1.50 bits per heavy atom. The van der Waals surface area contributed by atoms with E-state index in [-0.39, 0.29) is 0 Å². The Morgan fingerprint density at radius 2 is 2.00 bits per heavy atom. The van der Waals surface area contributed by atoms with E-state index in [0.717, 1.165) is 0 Å². The topological polar surface area (TPSA) is 40.5 Å². The van der Waals surface area contributed by atoms with Crippen molar-refractivity contribution in [2.75, 3.05) is 0 Å². The monoisotopic (exact) mass is 85.0 g/mol. The Morgan fingerprint density at radius 3 is 2.00 bits per heavy atom. The van der Waals surface area contributed by atoms with Crippen LogP contribution < -0.4 is 0 Å². The molecule has 0 aliphatic carbocycles. The molecule has 0 heterocycles. The maximum Gasteiger partial charge on any atom is 0.458 e. The quantitative estimate of drug-likeness (QED) is 0.439. The third-order valence-electron chi connectivity index (χ3n) is 0.308. The Balaban J connectivity index is 2.81. The van der Waals surface area contributed by atoms with Crippen LogP contribution in [0.2, 0.25) is 0 Å². The minimum absolute atomic E-state index is 1.17. The number of allylic oxidation sites excluding steroid dienone is 1. The third-order valence-corrected chi connectivity index (χ3v) is 0.308. The van der Waals surface area contributed by atoms with Crippen LogP contribution in [0.25, 0.3) is 0 Å². The van der Waals surface area contributed by atoms with Gasteiger partial charge in [-0.25, -0.2) is 0 Å². The van der Waals surface area contributed by atoms with Crippen molar-refractivity contribution in [1.82, 2.24) is 0 Å². The zero-order chi connectivity index (χ0) is 4.99. The molecule has 2 nitrogen and oxygen atoms in total. The van der Waals surface area contributed by atoms with Crippen LogP contribution in [0.5, 0.6) is 0 Å². The Bertz CT molecular complexity index is 44.1. The lowest BCUT2D eigenvalue weighted by molar-refractivity contribution is 0.420. The molecule has 0 atom stereocenters. The molecule has 0 rings (SSSR count). The predicted octanol–water partition coefficient (Wildman–Crippen LogP) is -0.611. The second kappa shape index (κ2) is 2.94. The molecule has 0 unspecified atom stereocenters. The van der Waals surface area contributed by atoms with E-state index in [9.17, 15) is 0 Å². The van der Waals surface area contributed by atoms with Crippen molar-refractivity contribution >= 4 is 7.12 Å². The first kappa shape index (κ1) is 5.72. The largest absolute Gasteiger partial charge is 0.458 e. The number of rotatable bonds is 2. The van der Waals surface area contributed by atoms with Crippen LogP contribution in [0.15, 0.2) is 12.7 Å². The smallest absolute Gasteiger partial charge is 0.427 e. The maximum atomic E-state index is 7.98. The lowest BCUT2D eigenvalue weighted by Gasteiger charge is -1.83. The van der Waals surface area contributed by atoms with Crippen molar-refractivity contribution in [2.45, 2.75) is 0 Å². The fourth-order valence-corrected chi connectivity index (χ4v) is 0.122. The normalized spacial score (nSPS) is 7.67. The summed E-state index contributed by atoms with van der Waals surface area (Å²) < 4.78 is 0. The summed E-state index contributed by atoms with van der Waals surface area (Å²) in [5.41, 5.74) is 0. The van der Waals surface area contributed by atoms with Crippen molar-refractivity contribution in [3.8, 4) is 0 Å². The zero-order valence-corrected chi connectivity index (χ0v) is 3.33. The highest BCUT2D eigenvalue weighted by Gasteiger charge is 1.99. The van der Waals surface area contributed by atoms with E-state index in [1.54, 1.807) is 0 Å². The molecule has 0 aliphatic rings. The van der Waals surface area contributed by atoms with E-state index in [2.05, 4.69) is 6.58 Å². The molecule has 0 bridgehead atoms. The number of hydrogen-bond donors (Lipinski definition) is 2.